The van der Waals surface area contributed by atoms with E-state index in [0.29, 0.717) is 11.5 Å². The van der Waals surface area contributed by atoms with Gasteiger partial charge in [-0.05, 0) is 36.8 Å². The lowest BCUT2D eigenvalue weighted by atomic mass is 9.82. The molecule has 1 aromatic rings. The van der Waals surface area contributed by atoms with Gasteiger partial charge in [0.25, 0.3) is 5.91 Å². The van der Waals surface area contributed by atoms with E-state index in [9.17, 15) is 4.79 Å². The molecule has 1 aliphatic carbocycles. The Hall–Kier alpha value is -1.38. The molecule has 0 aliphatic heterocycles. The summed E-state index contributed by atoms with van der Waals surface area (Å²) in [6.07, 6.45) is 8.42. The Morgan fingerprint density at radius 2 is 2.41 bits per heavy atom. The molecule has 0 saturated heterocycles. The molecule has 2 rings (SSSR count). The molecule has 3 heteroatoms. The van der Waals surface area contributed by atoms with Crippen molar-refractivity contribution in [3.05, 3.63) is 30.1 Å². The zero-order chi connectivity index (χ0) is 12.1. The minimum atomic E-state index is -0.00340. The van der Waals surface area contributed by atoms with Crippen molar-refractivity contribution < 1.29 is 4.79 Å². The Morgan fingerprint density at radius 1 is 1.53 bits per heavy atom. The summed E-state index contributed by atoms with van der Waals surface area (Å²) in [5, 5.41) is 3.01. The maximum absolute atomic E-state index is 11.8. The first-order valence-electron chi connectivity index (χ1n) is 6.44. The summed E-state index contributed by atoms with van der Waals surface area (Å²) >= 11 is 0. The molecule has 1 aromatic heterocycles. The van der Waals surface area contributed by atoms with Crippen LogP contribution in [-0.4, -0.2) is 17.4 Å². The number of nitrogens with one attached hydrogen (secondary N) is 1. The fourth-order valence-corrected chi connectivity index (χ4v) is 2.58. The van der Waals surface area contributed by atoms with E-state index in [1.807, 2.05) is 0 Å². The molecule has 0 aromatic carbocycles. The van der Waals surface area contributed by atoms with Crippen molar-refractivity contribution in [3.63, 3.8) is 0 Å². The van der Waals surface area contributed by atoms with Crippen LogP contribution < -0.4 is 5.32 Å². The van der Waals surface area contributed by atoms with Crippen LogP contribution in [0.2, 0.25) is 0 Å². The molecule has 1 N–H and O–H groups in total. The fraction of sp³-hybridized carbons (Fsp3) is 0.571. The Labute approximate surface area is 103 Å². The van der Waals surface area contributed by atoms with Crippen LogP contribution in [0, 0.1) is 11.8 Å². The average Bonchev–Trinajstić information content (AvgIpc) is 2.37. The summed E-state index contributed by atoms with van der Waals surface area (Å²) in [5.74, 6) is 1.46. The number of nitrogens with zero attached hydrogens (tertiary/aromatic N) is 1. The van der Waals surface area contributed by atoms with Gasteiger partial charge in [-0.3, -0.25) is 9.78 Å². The van der Waals surface area contributed by atoms with Gasteiger partial charge in [0.1, 0.15) is 0 Å². The number of hydrogen-bond acceptors (Lipinski definition) is 2. The minimum absolute atomic E-state index is 0.00340. The highest BCUT2D eigenvalue weighted by Gasteiger charge is 2.19. The van der Waals surface area contributed by atoms with Gasteiger partial charge in [0.15, 0.2) is 0 Å². The lowest BCUT2D eigenvalue weighted by Gasteiger charge is -2.26. The van der Waals surface area contributed by atoms with Gasteiger partial charge in [-0.15, -0.1) is 0 Å². The van der Waals surface area contributed by atoms with Crippen LogP contribution in [0.1, 0.15) is 43.0 Å². The van der Waals surface area contributed by atoms with Gasteiger partial charge >= 0.3 is 0 Å². The molecule has 1 fully saturated rings. The second kappa shape index (κ2) is 5.80. The van der Waals surface area contributed by atoms with Gasteiger partial charge in [-0.1, -0.05) is 19.8 Å². The molecule has 1 amide bonds. The molecule has 0 bridgehead atoms. The molecular weight excluding hydrogens is 212 g/mol. The molecule has 1 saturated carbocycles. The van der Waals surface area contributed by atoms with Crippen molar-refractivity contribution in [2.75, 3.05) is 6.54 Å². The van der Waals surface area contributed by atoms with Gasteiger partial charge in [0, 0.05) is 18.9 Å². The summed E-state index contributed by atoms with van der Waals surface area (Å²) in [5.41, 5.74) is 0.649. The third-order valence-electron chi connectivity index (χ3n) is 3.52. The molecule has 17 heavy (non-hydrogen) atoms. The Balaban J connectivity index is 1.80. The Kier molecular flexibility index (Phi) is 4.13. The largest absolute Gasteiger partial charge is 0.352 e. The van der Waals surface area contributed by atoms with E-state index >= 15 is 0 Å². The van der Waals surface area contributed by atoms with E-state index in [2.05, 4.69) is 17.2 Å². The first kappa shape index (κ1) is 12.1. The second-order valence-electron chi connectivity index (χ2n) is 5.09. The van der Waals surface area contributed by atoms with Crippen LogP contribution in [0.25, 0.3) is 0 Å². The highest BCUT2D eigenvalue weighted by molar-refractivity contribution is 5.93. The molecule has 0 spiro atoms. The zero-order valence-corrected chi connectivity index (χ0v) is 10.4. The fourth-order valence-electron chi connectivity index (χ4n) is 2.58. The summed E-state index contributed by atoms with van der Waals surface area (Å²) in [6.45, 7) is 3.10. The van der Waals surface area contributed by atoms with Crippen LogP contribution >= 0.6 is 0 Å². The number of aromatic nitrogens is 1. The van der Waals surface area contributed by atoms with E-state index in [1.54, 1.807) is 24.5 Å². The number of carbonyl (C=O) groups excluding carboxylic acids is 1. The normalized spacial score (nSPS) is 24.3. The second-order valence-corrected chi connectivity index (χ2v) is 5.09. The van der Waals surface area contributed by atoms with E-state index in [1.165, 1.54) is 25.7 Å². The summed E-state index contributed by atoms with van der Waals surface area (Å²) in [7, 11) is 0. The van der Waals surface area contributed by atoms with Crippen molar-refractivity contribution in [1.82, 2.24) is 10.3 Å². The van der Waals surface area contributed by atoms with Crippen LogP contribution in [0.3, 0.4) is 0 Å². The first-order chi connectivity index (χ1) is 8.25. The number of amides is 1. The van der Waals surface area contributed by atoms with Gasteiger partial charge in [0.05, 0.1) is 5.56 Å². The third kappa shape index (κ3) is 3.55. The number of pyridine rings is 1. The van der Waals surface area contributed by atoms with E-state index in [4.69, 9.17) is 0 Å². The lowest BCUT2D eigenvalue weighted by molar-refractivity contribution is 0.0940. The maximum Gasteiger partial charge on any atom is 0.252 e. The first-order valence-corrected chi connectivity index (χ1v) is 6.44. The smallest absolute Gasteiger partial charge is 0.252 e. The summed E-state index contributed by atoms with van der Waals surface area (Å²) < 4.78 is 0. The molecule has 1 aliphatic rings. The van der Waals surface area contributed by atoms with Crippen LogP contribution in [-0.2, 0) is 0 Å². The summed E-state index contributed by atoms with van der Waals surface area (Å²) in [4.78, 5) is 15.8. The topological polar surface area (TPSA) is 42.0 Å². The Bertz CT molecular complexity index is 364. The lowest BCUT2D eigenvalue weighted by Crippen LogP contribution is -2.31. The quantitative estimate of drug-likeness (QED) is 0.870. The molecule has 3 nitrogen and oxygen atoms in total. The predicted molar refractivity (Wildman–Crippen MR) is 67.7 cm³/mol. The average molecular weight is 232 g/mol. The van der Waals surface area contributed by atoms with Crippen molar-refractivity contribution >= 4 is 5.91 Å². The van der Waals surface area contributed by atoms with Crippen molar-refractivity contribution in [1.29, 1.82) is 0 Å². The molecule has 0 radical (unpaired) electrons. The Morgan fingerprint density at radius 3 is 3.12 bits per heavy atom. The van der Waals surface area contributed by atoms with Gasteiger partial charge in [-0.2, -0.15) is 0 Å². The van der Waals surface area contributed by atoms with Crippen LogP contribution in [0.5, 0.6) is 0 Å². The monoisotopic (exact) mass is 232 g/mol. The molecule has 2 atom stereocenters. The predicted octanol–water partition coefficient (Wildman–Crippen LogP) is 2.64. The van der Waals surface area contributed by atoms with Crippen LogP contribution in [0.15, 0.2) is 24.5 Å². The summed E-state index contributed by atoms with van der Waals surface area (Å²) in [6, 6.07) is 3.59. The maximum atomic E-state index is 11.8. The van der Waals surface area contributed by atoms with E-state index in [0.717, 1.165) is 12.5 Å². The number of hydrogen-bond donors (Lipinski definition) is 1. The SMILES string of the molecule is CC1CCCC(CNC(=O)c2cccnc2)C1. The van der Waals surface area contributed by atoms with Gasteiger partial charge in [-0.25, -0.2) is 0 Å². The molecular formula is C14H20N2O. The van der Waals surface area contributed by atoms with Crippen molar-refractivity contribution in [2.24, 2.45) is 11.8 Å². The highest BCUT2D eigenvalue weighted by Crippen LogP contribution is 2.27. The number of rotatable bonds is 3. The van der Waals surface area contributed by atoms with Gasteiger partial charge < -0.3 is 5.32 Å². The molecule has 92 valence electrons. The van der Waals surface area contributed by atoms with Crippen molar-refractivity contribution in [2.45, 2.75) is 32.6 Å². The van der Waals surface area contributed by atoms with Gasteiger partial charge in [0.2, 0.25) is 0 Å². The third-order valence-corrected chi connectivity index (χ3v) is 3.52. The molecule has 2 unspecified atom stereocenters. The zero-order valence-electron chi connectivity index (χ0n) is 10.4. The van der Waals surface area contributed by atoms with Crippen LogP contribution in [0.4, 0.5) is 0 Å². The molecule has 1 heterocycles. The van der Waals surface area contributed by atoms with Crippen molar-refractivity contribution in [3.8, 4) is 0 Å². The van der Waals surface area contributed by atoms with E-state index in [-0.39, 0.29) is 5.91 Å². The van der Waals surface area contributed by atoms with E-state index < -0.39 is 0 Å². The number of carbonyl (C=O) groups is 1. The highest BCUT2D eigenvalue weighted by atomic mass is 16.1. The standard InChI is InChI=1S/C14H20N2O/c1-11-4-2-5-12(8-11)9-16-14(17)13-6-3-7-15-10-13/h3,6-7,10-12H,2,4-5,8-9H2,1H3,(H,16,17). The minimum Gasteiger partial charge on any atom is -0.352 e.